The van der Waals surface area contributed by atoms with Crippen LogP contribution < -0.4 is 4.74 Å². The molecule has 36 heavy (non-hydrogen) atoms. The molecule has 178 valence electrons. The molecule has 1 aliphatic rings. The van der Waals surface area contributed by atoms with E-state index in [2.05, 4.69) is 18.2 Å². The van der Waals surface area contributed by atoms with Gasteiger partial charge in [-0.05, 0) is 51.9 Å². The van der Waals surface area contributed by atoms with Gasteiger partial charge in [-0.2, -0.15) is 0 Å². The molecular formula is C28H20N2O5S. The normalized spacial score (nSPS) is 14.6. The maximum atomic E-state index is 12.9. The van der Waals surface area contributed by atoms with Crippen molar-refractivity contribution in [2.24, 2.45) is 0 Å². The minimum Gasteiger partial charge on any atom is -0.489 e. The Labute approximate surface area is 211 Å². The molecule has 0 saturated carbocycles. The average Bonchev–Trinajstić information content (AvgIpc) is 3.15. The predicted octanol–water partition coefficient (Wildman–Crippen LogP) is 6.56. The third-order valence-corrected chi connectivity index (χ3v) is 6.75. The standard InChI is InChI=1S/C28H20N2O5S/c31-27-26(36-28(32)29(27)17-21-7-2-4-11-25(21)30(33)34)16-19-12-14-23(15-13-19)35-18-22-9-5-8-20-6-1-3-10-24(20)22/h1-16H,17-18H2/b26-16-. The highest BCUT2D eigenvalue weighted by Crippen LogP contribution is 2.34. The van der Waals surface area contributed by atoms with Crippen molar-refractivity contribution in [3.63, 3.8) is 0 Å². The Morgan fingerprint density at radius 3 is 2.36 bits per heavy atom. The number of carbonyl (C=O) groups excluding carboxylic acids is 2. The summed E-state index contributed by atoms with van der Waals surface area (Å²) in [5, 5.41) is 13.1. The number of nitro groups is 1. The summed E-state index contributed by atoms with van der Waals surface area (Å²) in [5.41, 5.74) is 2.01. The number of carbonyl (C=O) groups is 2. The van der Waals surface area contributed by atoms with Crippen LogP contribution >= 0.6 is 11.8 Å². The number of rotatable bonds is 7. The number of hydrogen-bond acceptors (Lipinski definition) is 6. The first-order valence-corrected chi connectivity index (χ1v) is 12.0. The van der Waals surface area contributed by atoms with E-state index in [0.717, 1.165) is 38.6 Å². The van der Waals surface area contributed by atoms with Crippen LogP contribution in [0.5, 0.6) is 5.75 Å². The molecule has 5 rings (SSSR count). The number of thioether (sulfide) groups is 1. The minimum atomic E-state index is -0.520. The Hall–Kier alpha value is -4.43. The van der Waals surface area contributed by atoms with Gasteiger partial charge in [0.2, 0.25) is 0 Å². The highest BCUT2D eigenvalue weighted by molar-refractivity contribution is 8.18. The monoisotopic (exact) mass is 496 g/mol. The number of nitrogens with zero attached hydrogens (tertiary/aromatic N) is 2. The number of amides is 2. The number of fused-ring (bicyclic) bond motifs is 1. The van der Waals surface area contributed by atoms with Crippen LogP contribution in [-0.2, 0) is 17.9 Å². The Morgan fingerprint density at radius 1 is 0.861 bits per heavy atom. The predicted molar refractivity (Wildman–Crippen MR) is 139 cm³/mol. The summed E-state index contributed by atoms with van der Waals surface area (Å²) in [5.74, 6) is 0.212. The lowest BCUT2D eigenvalue weighted by Crippen LogP contribution is -2.27. The maximum Gasteiger partial charge on any atom is 0.293 e. The highest BCUT2D eigenvalue weighted by atomic mass is 32.2. The van der Waals surface area contributed by atoms with E-state index in [9.17, 15) is 19.7 Å². The second-order valence-corrected chi connectivity index (χ2v) is 9.14. The van der Waals surface area contributed by atoms with Crippen LogP contribution in [0.2, 0.25) is 0 Å². The summed E-state index contributed by atoms with van der Waals surface area (Å²) < 4.78 is 5.97. The lowest BCUT2D eigenvalue weighted by molar-refractivity contribution is -0.385. The molecule has 8 heteroatoms. The van der Waals surface area contributed by atoms with Crippen LogP contribution in [0.4, 0.5) is 10.5 Å². The van der Waals surface area contributed by atoms with Crippen molar-refractivity contribution < 1.29 is 19.2 Å². The second kappa shape index (κ2) is 10.1. The third kappa shape index (κ3) is 4.85. The Morgan fingerprint density at radius 2 is 1.56 bits per heavy atom. The van der Waals surface area contributed by atoms with Gasteiger partial charge in [0, 0.05) is 11.6 Å². The minimum absolute atomic E-state index is 0.125. The molecule has 1 fully saturated rings. The fraction of sp³-hybridized carbons (Fsp3) is 0.0714. The zero-order chi connectivity index (χ0) is 25.1. The van der Waals surface area contributed by atoms with Gasteiger partial charge in [0.1, 0.15) is 12.4 Å². The summed E-state index contributed by atoms with van der Waals surface area (Å²) in [6, 6.07) is 27.6. The van der Waals surface area contributed by atoms with Gasteiger partial charge in [-0.15, -0.1) is 0 Å². The maximum absolute atomic E-state index is 12.9. The average molecular weight is 497 g/mol. The lowest BCUT2D eigenvalue weighted by Gasteiger charge is -2.12. The summed E-state index contributed by atoms with van der Waals surface area (Å²) >= 11 is 0.820. The van der Waals surface area contributed by atoms with E-state index in [1.807, 2.05) is 48.5 Å². The van der Waals surface area contributed by atoms with Crippen molar-refractivity contribution in [1.29, 1.82) is 0 Å². The molecule has 0 N–H and O–H groups in total. The van der Waals surface area contributed by atoms with Gasteiger partial charge in [-0.1, -0.05) is 72.8 Å². The molecule has 0 atom stereocenters. The van der Waals surface area contributed by atoms with E-state index in [0.29, 0.717) is 17.9 Å². The van der Waals surface area contributed by atoms with Crippen molar-refractivity contribution in [2.45, 2.75) is 13.2 Å². The topological polar surface area (TPSA) is 89.8 Å². The molecule has 4 aromatic rings. The van der Waals surface area contributed by atoms with Crippen LogP contribution in [0.25, 0.3) is 16.8 Å². The van der Waals surface area contributed by atoms with E-state index in [4.69, 9.17) is 4.74 Å². The van der Waals surface area contributed by atoms with Crippen molar-refractivity contribution in [3.05, 3.63) is 123 Å². The van der Waals surface area contributed by atoms with Gasteiger partial charge >= 0.3 is 0 Å². The van der Waals surface area contributed by atoms with E-state index in [1.165, 1.54) is 6.07 Å². The number of hydrogen-bond donors (Lipinski definition) is 0. The van der Waals surface area contributed by atoms with Crippen molar-refractivity contribution in [3.8, 4) is 5.75 Å². The largest absolute Gasteiger partial charge is 0.489 e. The summed E-state index contributed by atoms with van der Waals surface area (Å²) in [6.07, 6.45) is 1.64. The number of imide groups is 1. The van der Waals surface area contributed by atoms with Gasteiger partial charge in [-0.25, -0.2) is 0 Å². The molecule has 0 radical (unpaired) electrons. The van der Waals surface area contributed by atoms with Gasteiger partial charge < -0.3 is 4.74 Å². The van der Waals surface area contributed by atoms with E-state index < -0.39 is 16.1 Å². The highest BCUT2D eigenvalue weighted by Gasteiger charge is 2.36. The molecule has 0 bridgehead atoms. The molecule has 0 aromatic heterocycles. The Bertz CT molecular complexity index is 1510. The number of nitro benzene ring substituents is 1. The quantitative estimate of drug-likeness (QED) is 0.163. The van der Waals surface area contributed by atoms with E-state index >= 15 is 0 Å². The molecular weight excluding hydrogens is 476 g/mol. The van der Waals surface area contributed by atoms with Gasteiger partial charge in [0.15, 0.2) is 0 Å². The van der Waals surface area contributed by atoms with Crippen LogP contribution in [0.1, 0.15) is 16.7 Å². The molecule has 2 amide bonds. The third-order valence-electron chi connectivity index (χ3n) is 5.84. The lowest BCUT2D eigenvalue weighted by atomic mass is 10.1. The second-order valence-electron chi connectivity index (χ2n) is 8.15. The van der Waals surface area contributed by atoms with Crippen LogP contribution in [0, 0.1) is 10.1 Å². The summed E-state index contributed by atoms with van der Waals surface area (Å²) in [6.45, 7) is 0.269. The van der Waals surface area contributed by atoms with E-state index in [1.54, 1.807) is 24.3 Å². The SMILES string of the molecule is O=C1S/C(=C\c2ccc(OCc3cccc4ccccc34)cc2)C(=O)N1Cc1ccccc1[N+](=O)[O-]. The van der Waals surface area contributed by atoms with Crippen molar-refractivity contribution in [1.82, 2.24) is 4.90 Å². The number of ether oxygens (including phenoxy) is 1. The fourth-order valence-electron chi connectivity index (χ4n) is 4.02. The molecule has 0 aliphatic carbocycles. The van der Waals surface area contributed by atoms with Gasteiger partial charge in [0.05, 0.1) is 16.4 Å². The zero-order valence-corrected chi connectivity index (χ0v) is 19.8. The first-order valence-electron chi connectivity index (χ1n) is 11.2. The first kappa shape index (κ1) is 23.3. The smallest absolute Gasteiger partial charge is 0.293 e. The van der Waals surface area contributed by atoms with Gasteiger partial charge in [-0.3, -0.25) is 24.6 Å². The van der Waals surface area contributed by atoms with Crippen molar-refractivity contribution >= 4 is 45.4 Å². The zero-order valence-electron chi connectivity index (χ0n) is 19.0. The van der Waals surface area contributed by atoms with Crippen LogP contribution in [0.15, 0.2) is 95.9 Å². The molecule has 7 nitrogen and oxygen atoms in total. The number of benzene rings is 4. The van der Waals surface area contributed by atoms with Crippen LogP contribution in [-0.4, -0.2) is 21.0 Å². The van der Waals surface area contributed by atoms with E-state index in [-0.39, 0.29) is 17.1 Å². The Kier molecular flexibility index (Phi) is 6.51. The molecule has 0 spiro atoms. The Balaban J connectivity index is 1.27. The van der Waals surface area contributed by atoms with Crippen LogP contribution in [0.3, 0.4) is 0 Å². The molecule has 0 unspecified atom stereocenters. The fourth-order valence-corrected chi connectivity index (χ4v) is 4.86. The molecule has 1 heterocycles. The summed E-state index contributed by atoms with van der Waals surface area (Å²) in [7, 11) is 0. The molecule has 1 aliphatic heterocycles. The van der Waals surface area contributed by atoms with Crippen molar-refractivity contribution in [2.75, 3.05) is 0 Å². The molecule has 1 saturated heterocycles. The first-order chi connectivity index (χ1) is 17.5. The number of para-hydroxylation sites is 1. The molecule has 4 aromatic carbocycles. The van der Waals surface area contributed by atoms with Gasteiger partial charge in [0.25, 0.3) is 16.8 Å². The summed E-state index contributed by atoms with van der Waals surface area (Å²) in [4.78, 5) is 37.4.